The van der Waals surface area contributed by atoms with Crippen LogP contribution in [-0.4, -0.2) is 89.3 Å². The highest BCUT2D eigenvalue weighted by Crippen LogP contribution is 2.43. The van der Waals surface area contributed by atoms with Gasteiger partial charge in [-0.15, -0.1) is 11.3 Å². The highest BCUT2D eigenvalue weighted by atomic mass is 32.1. The molecule has 0 saturated carbocycles. The Morgan fingerprint density at radius 2 is 1.76 bits per heavy atom. The van der Waals surface area contributed by atoms with Gasteiger partial charge < -0.3 is 29.3 Å². The fraction of sp³-hybridized carbons (Fsp3) is 0.485. The maximum absolute atomic E-state index is 14.7. The quantitative estimate of drug-likeness (QED) is 0.253. The lowest BCUT2D eigenvalue weighted by Crippen LogP contribution is -2.69. The number of halogens is 6. The summed E-state index contributed by atoms with van der Waals surface area (Å²) in [4.78, 5) is 36.2. The van der Waals surface area contributed by atoms with E-state index in [1.807, 2.05) is 17.0 Å². The molecule has 49 heavy (non-hydrogen) atoms. The maximum Gasteiger partial charge on any atom is 0.425 e. The number of alkyl halides is 6. The van der Waals surface area contributed by atoms with Crippen molar-refractivity contribution >= 4 is 28.8 Å². The molecular formula is C33H36F6N4O5S. The van der Waals surface area contributed by atoms with Gasteiger partial charge in [0.25, 0.3) is 11.8 Å². The summed E-state index contributed by atoms with van der Waals surface area (Å²) in [6, 6.07) is 8.73. The van der Waals surface area contributed by atoms with Crippen molar-refractivity contribution in [2.24, 2.45) is 0 Å². The maximum atomic E-state index is 14.7. The number of pyridine rings is 1. The van der Waals surface area contributed by atoms with Crippen LogP contribution in [0.5, 0.6) is 11.5 Å². The smallest absolute Gasteiger partial charge is 0.425 e. The van der Waals surface area contributed by atoms with Crippen molar-refractivity contribution < 1.29 is 50.5 Å². The Hall–Kier alpha value is -4.05. The first-order valence-corrected chi connectivity index (χ1v) is 16.7. The fourth-order valence-electron chi connectivity index (χ4n) is 6.49. The Morgan fingerprint density at radius 1 is 1.02 bits per heavy atom. The van der Waals surface area contributed by atoms with Crippen molar-refractivity contribution in [1.29, 1.82) is 0 Å². The minimum absolute atomic E-state index is 0.00833. The molecule has 266 valence electrons. The van der Waals surface area contributed by atoms with Gasteiger partial charge in [0.1, 0.15) is 28.7 Å². The molecule has 2 atom stereocenters. The first kappa shape index (κ1) is 36.2. The van der Waals surface area contributed by atoms with Gasteiger partial charge in [-0.1, -0.05) is 25.5 Å². The second-order valence-electron chi connectivity index (χ2n) is 11.8. The number of aromatic nitrogens is 1. The Kier molecular flexibility index (Phi) is 11.0. The molecule has 1 aromatic carbocycles. The Labute approximate surface area is 283 Å². The number of carbonyl (C=O) groups is 2. The number of thiophene rings is 1. The number of carbonyl (C=O) groups excluding carboxylic acids is 2. The van der Waals surface area contributed by atoms with Crippen LogP contribution < -0.4 is 14.4 Å². The summed E-state index contributed by atoms with van der Waals surface area (Å²) in [6.07, 6.45) is -7.81. The lowest BCUT2D eigenvalue weighted by molar-refractivity contribution is -0.159. The minimum Gasteiger partial charge on any atom is -0.489 e. The molecule has 0 radical (unpaired) electrons. The van der Waals surface area contributed by atoms with Crippen LogP contribution in [0.15, 0.2) is 54.0 Å². The largest absolute Gasteiger partial charge is 0.489 e. The van der Waals surface area contributed by atoms with Gasteiger partial charge in [-0.25, -0.2) is 0 Å². The van der Waals surface area contributed by atoms with E-state index in [-0.39, 0.29) is 57.9 Å². The Bertz CT molecular complexity index is 1610. The van der Waals surface area contributed by atoms with Crippen LogP contribution in [0.3, 0.4) is 0 Å². The lowest BCUT2D eigenvalue weighted by Gasteiger charge is -2.50. The van der Waals surface area contributed by atoms with E-state index in [1.165, 1.54) is 9.80 Å². The van der Waals surface area contributed by atoms with Crippen LogP contribution in [0.4, 0.5) is 32.0 Å². The van der Waals surface area contributed by atoms with Crippen LogP contribution in [-0.2, 0) is 17.1 Å². The molecule has 0 aliphatic carbocycles. The minimum atomic E-state index is -4.88. The summed E-state index contributed by atoms with van der Waals surface area (Å²) in [6.45, 7) is 2.74. The van der Waals surface area contributed by atoms with Crippen LogP contribution in [0.2, 0.25) is 0 Å². The number of anilines is 1. The zero-order chi connectivity index (χ0) is 35.4. The molecule has 2 aliphatic heterocycles. The van der Waals surface area contributed by atoms with Crippen molar-refractivity contribution in [3.8, 4) is 11.5 Å². The van der Waals surface area contributed by atoms with E-state index in [0.717, 1.165) is 35.5 Å². The van der Waals surface area contributed by atoms with E-state index in [0.29, 0.717) is 36.6 Å². The van der Waals surface area contributed by atoms with Crippen molar-refractivity contribution in [1.82, 2.24) is 14.8 Å². The second kappa shape index (κ2) is 14.8. The zero-order valence-corrected chi connectivity index (χ0v) is 27.4. The normalized spacial score (nSPS) is 20.3. The van der Waals surface area contributed by atoms with Gasteiger partial charge in [0.05, 0.1) is 23.9 Å². The van der Waals surface area contributed by atoms with Gasteiger partial charge in [0.15, 0.2) is 0 Å². The van der Waals surface area contributed by atoms with Crippen molar-refractivity contribution in [2.75, 3.05) is 50.8 Å². The highest BCUT2D eigenvalue weighted by molar-refractivity contribution is 7.10. The van der Waals surface area contributed by atoms with Crippen molar-refractivity contribution in [2.45, 2.75) is 56.6 Å². The Morgan fingerprint density at radius 3 is 2.41 bits per heavy atom. The average molecular weight is 715 g/mol. The number of amides is 2. The van der Waals surface area contributed by atoms with E-state index in [9.17, 15) is 41.0 Å². The van der Waals surface area contributed by atoms with Crippen LogP contribution in [0.25, 0.3) is 0 Å². The molecule has 0 unspecified atom stereocenters. The number of aliphatic hydroxyl groups excluding tert-OH is 1. The first-order chi connectivity index (χ1) is 23.3. The number of piperazine rings is 1. The second-order valence-corrected chi connectivity index (χ2v) is 12.7. The van der Waals surface area contributed by atoms with Gasteiger partial charge in [0.2, 0.25) is 5.60 Å². The van der Waals surface area contributed by atoms with Gasteiger partial charge in [-0.2, -0.15) is 26.3 Å². The van der Waals surface area contributed by atoms with Gasteiger partial charge in [-0.3, -0.25) is 14.6 Å². The molecule has 0 bridgehead atoms. The van der Waals surface area contributed by atoms with E-state index < -0.39 is 51.9 Å². The molecule has 3 aromatic rings. The number of likely N-dealkylation sites (tertiary alicyclic amines) is 1. The number of para-hydroxylation sites is 2. The monoisotopic (exact) mass is 714 g/mol. The van der Waals surface area contributed by atoms with Crippen molar-refractivity contribution in [3.63, 3.8) is 0 Å². The number of aliphatic hydroxyl groups is 1. The molecule has 1 N–H and O–H groups in total. The van der Waals surface area contributed by atoms with Crippen molar-refractivity contribution in [3.05, 3.63) is 70.2 Å². The summed E-state index contributed by atoms with van der Waals surface area (Å²) in [7, 11) is 0. The highest BCUT2D eigenvalue weighted by Gasteiger charge is 2.56. The SMILES string of the molecule is CCC[C@H]1N(C(=O)c2ncccc2C(F)(F)F)CCC[C@@]1(Oc1csc(C(F)(F)F)c1)C(=O)N1CCN(c2ccccc2OCCO)CC1. The summed E-state index contributed by atoms with van der Waals surface area (Å²) >= 11 is 0.394. The van der Waals surface area contributed by atoms with Gasteiger partial charge >= 0.3 is 12.4 Å². The standard InChI is InChI=1S/C33H36F6N4O5S/c1-2-7-26-31(48-22-20-27(49-21-22)33(37,38)39,11-6-13-43(26)29(45)28-23(32(34,35)36)8-5-12-40-28)30(46)42-16-14-41(15-17-42)24-9-3-4-10-25(24)47-19-18-44/h3-5,8-10,12,20-21,26,44H,2,6-7,11,13-19H2,1H3/t26-,31+/m1/s1. The van der Waals surface area contributed by atoms with Crippen LogP contribution in [0.1, 0.15) is 53.5 Å². The molecule has 0 spiro atoms. The van der Waals surface area contributed by atoms with E-state index in [4.69, 9.17) is 9.47 Å². The molecule has 5 rings (SSSR count). The molecular weight excluding hydrogens is 678 g/mol. The van der Waals surface area contributed by atoms with Gasteiger partial charge in [0, 0.05) is 56.8 Å². The number of hydrogen-bond acceptors (Lipinski definition) is 8. The predicted octanol–water partition coefficient (Wildman–Crippen LogP) is 6.12. The molecule has 16 heteroatoms. The fourth-order valence-corrected chi connectivity index (χ4v) is 7.17. The first-order valence-electron chi connectivity index (χ1n) is 15.8. The van der Waals surface area contributed by atoms with E-state index in [2.05, 4.69) is 4.98 Å². The number of benzene rings is 1. The van der Waals surface area contributed by atoms with E-state index in [1.54, 1.807) is 19.1 Å². The van der Waals surface area contributed by atoms with Crippen LogP contribution >= 0.6 is 11.3 Å². The summed E-state index contributed by atoms with van der Waals surface area (Å²) in [5.41, 5.74) is -3.21. The lowest BCUT2D eigenvalue weighted by atomic mass is 9.79. The molecule has 2 aliphatic rings. The van der Waals surface area contributed by atoms with Crippen LogP contribution in [0, 0.1) is 0 Å². The number of rotatable bonds is 10. The topological polar surface area (TPSA) is 95.4 Å². The number of nitrogens with zero attached hydrogens (tertiary/aromatic N) is 4. The van der Waals surface area contributed by atoms with Gasteiger partial charge in [-0.05, 0) is 37.1 Å². The number of piperidine rings is 1. The third kappa shape index (κ3) is 7.74. The summed E-state index contributed by atoms with van der Waals surface area (Å²) in [5.74, 6) is -1.28. The molecule has 2 amide bonds. The predicted molar refractivity (Wildman–Crippen MR) is 169 cm³/mol. The zero-order valence-electron chi connectivity index (χ0n) is 26.6. The number of hydrogen-bond donors (Lipinski definition) is 1. The van der Waals surface area contributed by atoms with E-state index >= 15 is 0 Å². The summed E-state index contributed by atoms with van der Waals surface area (Å²) < 4.78 is 94.6. The molecule has 9 nitrogen and oxygen atoms in total. The third-order valence-electron chi connectivity index (χ3n) is 8.64. The molecule has 2 aromatic heterocycles. The Balaban J connectivity index is 1.50. The molecule has 2 fully saturated rings. The average Bonchev–Trinajstić information content (AvgIpc) is 3.56. The summed E-state index contributed by atoms with van der Waals surface area (Å²) in [5, 5.41) is 10.4. The molecule has 2 saturated heterocycles. The number of ether oxygens (including phenoxy) is 2. The molecule has 4 heterocycles. The third-order valence-corrected chi connectivity index (χ3v) is 9.59.